The summed E-state index contributed by atoms with van der Waals surface area (Å²) in [6.07, 6.45) is 4.41. The Kier molecular flexibility index (Phi) is 5.78. The molecule has 35 heavy (non-hydrogen) atoms. The Labute approximate surface area is 201 Å². The van der Waals surface area contributed by atoms with Gasteiger partial charge >= 0.3 is 5.97 Å². The van der Waals surface area contributed by atoms with E-state index in [1.165, 1.54) is 40.8 Å². The lowest BCUT2D eigenvalue weighted by Gasteiger charge is -2.37. The van der Waals surface area contributed by atoms with Gasteiger partial charge in [-0.05, 0) is 30.7 Å². The van der Waals surface area contributed by atoms with E-state index in [4.69, 9.17) is 4.74 Å². The Bertz CT molecular complexity index is 1460. The van der Waals surface area contributed by atoms with Gasteiger partial charge in [0.05, 0.1) is 29.5 Å². The molecule has 11 heteroatoms. The topological polar surface area (TPSA) is 132 Å². The molecule has 0 unspecified atom stereocenters. The standard InChI is InChI=1S/C24H24N4O6S/c1-14-5-3-4-6-20(14)35(32,33)28-19-11-27-18(22(28)21(17(19)12-29)24(31)34-2)8-7-16(23(27)30)15-9-25-13-26-10-15/h3-10,13,17,19,21-22,29H,11-12H2,1-2H3/t17-,19-,21+,22+/m1/s1. The van der Waals surface area contributed by atoms with Crippen molar-refractivity contribution >= 4 is 16.0 Å². The molecular formula is C24H24N4O6S. The average Bonchev–Trinajstić information content (AvgIpc) is 3.12. The minimum absolute atomic E-state index is 0.0178. The summed E-state index contributed by atoms with van der Waals surface area (Å²) < 4.78 is 35.7. The number of rotatable bonds is 5. The van der Waals surface area contributed by atoms with Crippen molar-refractivity contribution in [1.29, 1.82) is 0 Å². The highest BCUT2D eigenvalue weighted by molar-refractivity contribution is 7.89. The molecule has 0 spiro atoms. The summed E-state index contributed by atoms with van der Waals surface area (Å²) in [5.74, 6) is -2.37. The van der Waals surface area contributed by atoms with Crippen LogP contribution < -0.4 is 5.56 Å². The van der Waals surface area contributed by atoms with Crippen LogP contribution >= 0.6 is 0 Å². The van der Waals surface area contributed by atoms with Crippen molar-refractivity contribution in [3.05, 3.63) is 76.7 Å². The summed E-state index contributed by atoms with van der Waals surface area (Å²) in [4.78, 5) is 34.5. The Morgan fingerprint density at radius 1 is 1.17 bits per heavy atom. The van der Waals surface area contributed by atoms with E-state index in [1.807, 2.05) is 0 Å². The monoisotopic (exact) mass is 496 g/mol. The van der Waals surface area contributed by atoms with Gasteiger partial charge in [0.15, 0.2) is 0 Å². The van der Waals surface area contributed by atoms with Crippen molar-refractivity contribution in [2.45, 2.75) is 30.4 Å². The minimum atomic E-state index is -4.09. The molecule has 4 heterocycles. The third kappa shape index (κ3) is 3.49. The molecule has 2 bridgehead atoms. The molecule has 0 aliphatic carbocycles. The van der Waals surface area contributed by atoms with Crippen LogP contribution in [0.4, 0.5) is 0 Å². The summed E-state index contributed by atoms with van der Waals surface area (Å²) in [6.45, 7) is 1.24. The number of ether oxygens (including phenoxy) is 1. The van der Waals surface area contributed by atoms with E-state index in [-0.39, 0.29) is 17.0 Å². The number of aliphatic hydroxyl groups excluding tert-OH is 1. The average molecular weight is 497 g/mol. The van der Waals surface area contributed by atoms with Crippen molar-refractivity contribution in [1.82, 2.24) is 18.8 Å². The van der Waals surface area contributed by atoms with Crippen LogP contribution in [-0.2, 0) is 26.1 Å². The summed E-state index contributed by atoms with van der Waals surface area (Å²) in [5.41, 5.74) is 1.47. The van der Waals surface area contributed by atoms with Gasteiger partial charge in [-0.25, -0.2) is 18.4 Å². The Morgan fingerprint density at radius 3 is 2.54 bits per heavy atom. The fraction of sp³-hybridized carbons (Fsp3) is 0.333. The van der Waals surface area contributed by atoms with E-state index >= 15 is 0 Å². The second-order valence-electron chi connectivity index (χ2n) is 8.72. The van der Waals surface area contributed by atoms with Gasteiger partial charge < -0.3 is 14.4 Å². The van der Waals surface area contributed by atoms with Crippen molar-refractivity contribution in [2.75, 3.05) is 13.7 Å². The van der Waals surface area contributed by atoms with Crippen LogP contribution in [0.5, 0.6) is 0 Å². The predicted molar refractivity (Wildman–Crippen MR) is 125 cm³/mol. The maximum Gasteiger partial charge on any atom is 0.311 e. The molecule has 1 aromatic carbocycles. The fourth-order valence-corrected chi connectivity index (χ4v) is 7.47. The number of carbonyl (C=O) groups excluding carboxylic acids is 1. The Balaban J connectivity index is 1.73. The number of nitrogens with zero attached hydrogens (tertiary/aromatic N) is 4. The molecule has 10 nitrogen and oxygen atoms in total. The van der Waals surface area contributed by atoms with Crippen LogP contribution in [0.3, 0.4) is 0 Å². The van der Waals surface area contributed by atoms with Crippen LogP contribution in [0.2, 0.25) is 0 Å². The number of esters is 1. The predicted octanol–water partition coefficient (Wildman–Crippen LogP) is 1.14. The highest BCUT2D eigenvalue weighted by Gasteiger charge is 2.60. The van der Waals surface area contributed by atoms with E-state index < -0.39 is 46.5 Å². The quantitative estimate of drug-likeness (QED) is 0.520. The first-order valence-electron chi connectivity index (χ1n) is 11.1. The van der Waals surface area contributed by atoms with Crippen LogP contribution in [0, 0.1) is 18.8 Å². The normalized spacial score (nSPS) is 23.6. The molecule has 2 aromatic heterocycles. The highest BCUT2D eigenvalue weighted by atomic mass is 32.2. The minimum Gasteiger partial charge on any atom is -0.469 e. The molecule has 5 rings (SSSR count). The molecular weight excluding hydrogens is 472 g/mol. The van der Waals surface area contributed by atoms with Gasteiger partial charge in [-0.3, -0.25) is 9.59 Å². The molecule has 3 aromatic rings. The summed E-state index contributed by atoms with van der Waals surface area (Å²) in [5, 5.41) is 10.3. The summed E-state index contributed by atoms with van der Waals surface area (Å²) in [7, 11) is -2.86. The number of aliphatic hydroxyl groups is 1. The van der Waals surface area contributed by atoms with Gasteiger partial charge in [0.25, 0.3) is 5.56 Å². The molecule has 4 atom stereocenters. The number of carbonyl (C=O) groups is 1. The zero-order valence-corrected chi connectivity index (χ0v) is 19.9. The van der Waals surface area contributed by atoms with Gasteiger partial charge in [-0.1, -0.05) is 18.2 Å². The van der Waals surface area contributed by atoms with Crippen LogP contribution in [0.1, 0.15) is 17.3 Å². The molecule has 0 amide bonds. The first kappa shape index (κ1) is 23.3. The van der Waals surface area contributed by atoms with Crippen molar-refractivity contribution in [2.24, 2.45) is 11.8 Å². The van der Waals surface area contributed by atoms with Gasteiger partial charge in [0.2, 0.25) is 10.0 Å². The number of aromatic nitrogens is 3. The fourth-order valence-electron chi connectivity index (χ4n) is 5.40. The third-order valence-electron chi connectivity index (χ3n) is 6.98. The van der Waals surface area contributed by atoms with Crippen molar-refractivity contribution in [3.8, 4) is 11.1 Å². The van der Waals surface area contributed by atoms with Gasteiger partial charge in [-0.2, -0.15) is 4.31 Å². The second-order valence-corrected chi connectivity index (χ2v) is 10.5. The van der Waals surface area contributed by atoms with E-state index in [9.17, 15) is 23.1 Å². The lowest BCUT2D eigenvalue weighted by atomic mass is 9.87. The third-order valence-corrected chi connectivity index (χ3v) is 9.05. The number of hydrogen-bond acceptors (Lipinski definition) is 8. The first-order chi connectivity index (χ1) is 16.8. The maximum atomic E-state index is 14.0. The molecule has 0 radical (unpaired) electrons. The smallest absolute Gasteiger partial charge is 0.311 e. The van der Waals surface area contributed by atoms with E-state index in [0.717, 1.165) is 0 Å². The van der Waals surface area contributed by atoms with Crippen LogP contribution in [0.15, 0.2) is 64.8 Å². The lowest BCUT2D eigenvalue weighted by molar-refractivity contribution is -0.148. The molecule has 2 aliphatic rings. The lowest BCUT2D eigenvalue weighted by Crippen LogP contribution is -2.49. The number of benzene rings is 1. The zero-order valence-electron chi connectivity index (χ0n) is 19.1. The maximum absolute atomic E-state index is 14.0. The molecule has 1 saturated heterocycles. The molecule has 182 valence electrons. The van der Waals surface area contributed by atoms with Crippen molar-refractivity contribution < 1.29 is 23.1 Å². The largest absolute Gasteiger partial charge is 0.469 e. The van der Waals surface area contributed by atoms with Crippen LogP contribution in [-0.4, -0.2) is 58.1 Å². The zero-order chi connectivity index (χ0) is 24.9. The molecule has 1 N–H and O–H groups in total. The first-order valence-corrected chi connectivity index (χ1v) is 12.5. The summed E-state index contributed by atoms with van der Waals surface area (Å²) in [6, 6.07) is 8.00. The van der Waals surface area contributed by atoms with E-state index in [0.29, 0.717) is 22.4 Å². The Hall–Kier alpha value is -3.41. The number of hydrogen-bond donors (Lipinski definition) is 1. The van der Waals surface area contributed by atoms with Gasteiger partial charge in [0, 0.05) is 48.8 Å². The number of fused-ring (bicyclic) bond motifs is 4. The second kappa shape index (κ2) is 8.67. The molecule has 2 aliphatic heterocycles. The number of sulfonamides is 1. The number of aryl methyl sites for hydroxylation is 1. The van der Waals surface area contributed by atoms with Crippen molar-refractivity contribution in [3.63, 3.8) is 0 Å². The highest BCUT2D eigenvalue weighted by Crippen LogP contribution is 2.51. The van der Waals surface area contributed by atoms with Gasteiger partial charge in [0.1, 0.15) is 6.33 Å². The number of pyridine rings is 1. The van der Waals surface area contributed by atoms with E-state index in [2.05, 4.69) is 9.97 Å². The summed E-state index contributed by atoms with van der Waals surface area (Å²) >= 11 is 0. The van der Waals surface area contributed by atoms with E-state index in [1.54, 1.807) is 37.3 Å². The Morgan fingerprint density at radius 2 is 1.89 bits per heavy atom. The molecule has 1 fully saturated rings. The van der Waals surface area contributed by atoms with Crippen LogP contribution in [0.25, 0.3) is 11.1 Å². The van der Waals surface area contributed by atoms with Gasteiger partial charge in [-0.15, -0.1) is 0 Å². The number of methoxy groups -OCH3 is 1. The molecule has 0 saturated carbocycles. The SMILES string of the molecule is COC(=O)[C@H]1[C@H](CO)[C@H]2Cn3c(ccc(-c4cncnc4)c3=O)[C@@H]1N2S(=O)(=O)c1ccccc1C.